The predicted octanol–water partition coefficient (Wildman–Crippen LogP) is 4.03. The monoisotopic (exact) mass is 474 g/mol. The quantitative estimate of drug-likeness (QED) is 0.456. The number of halogens is 1. The highest BCUT2D eigenvalue weighted by molar-refractivity contribution is 6.12. The van der Waals surface area contributed by atoms with E-state index in [1.165, 1.54) is 34.0 Å². The number of rotatable bonds is 6. The first-order valence-corrected chi connectivity index (χ1v) is 11.0. The molecule has 8 nitrogen and oxygen atoms in total. The molecule has 4 aromatic rings. The van der Waals surface area contributed by atoms with Crippen LogP contribution in [0.1, 0.15) is 23.0 Å². The van der Waals surface area contributed by atoms with Crippen LogP contribution in [0.5, 0.6) is 5.75 Å². The Hall–Kier alpha value is -4.40. The van der Waals surface area contributed by atoms with E-state index in [9.17, 15) is 14.0 Å². The second kappa shape index (κ2) is 8.75. The van der Waals surface area contributed by atoms with Crippen molar-refractivity contribution in [3.05, 3.63) is 90.1 Å². The summed E-state index contributed by atoms with van der Waals surface area (Å²) in [7, 11) is 1.58. The number of methoxy groups -OCH3 is 1. The molecule has 0 bridgehead atoms. The van der Waals surface area contributed by atoms with E-state index in [-0.39, 0.29) is 24.5 Å². The second-order valence-corrected chi connectivity index (χ2v) is 8.47. The maximum atomic E-state index is 14.1. The lowest BCUT2D eigenvalue weighted by Gasteiger charge is -2.43. The smallest absolute Gasteiger partial charge is 0.277 e. The fourth-order valence-corrected chi connectivity index (χ4v) is 4.26. The van der Waals surface area contributed by atoms with Gasteiger partial charge in [-0.15, -0.1) is 0 Å². The summed E-state index contributed by atoms with van der Waals surface area (Å²) in [6.07, 6.45) is 1.52. The standard InChI is InChI=1S/C26H23FN4O4/c1-26(25(33)28-15-17-8-10-20(34-2)11-9-17)16-30-22(14-21(29-30)23-7-4-12-35-23)24(32)31(26)19-6-3-5-18(27)13-19/h3-14H,15-16H2,1-2H3,(H,28,33). The van der Waals surface area contributed by atoms with Crippen molar-refractivity contribution in [1.82, 2.24) is 15.1 Å². The number of nitrogens with one attached hydrogen (secondary N) is 1. The van der Waals surface area contributed by atoms with Gasteiger partial charge in [-0.2, -0.15) is 5.10 Å². The normalized spacial score (nSPS) is 17.2. The molecule has 0 aliphatic carbocycles. The molecule has 0 radical (unpaired) electrons. The van der Waals surface area contributed by atoms with E-state index < -0.39 is 23.2 Å². The summed E-state index contributed by atoms with van der Waals surface area (Å²) in [6, 6.07) is 18.0. The van der Waals surface area contributed by atoms with Crippen molar-refractivity contribution >= 4 is 17.5 Å². The van der Waals surface area contributed by atoms with Crippen LogP contribution in [0.3, 0.4) is 0 Å². The molecular weight excluding hydrogens is 451 g/mol. The Kier molecular flexibility index (Phi) is 5.60. The summed E-state index contributed by atoms with van der Waals surface area (Å²) in [5.74, 6) is -0.157. The first kappa shape index (κ1) is 22.4. The third-order valence-electron chi connectivity index (χ3n) is 6.09. The number of fused-ring (bicyclic) bond motifs is 1. The lowest BCUT2D eigenvalue weighted by molar-refractivity contribution is -0.126. The molecule has 1 aliphatic heterocycles. The zero-order chi connectivity index (χ0) is 24.6. The van der Waals surface area contributed by atoms with Gasteiger partial charge in [0.15, 0.2) is 5.76 Å². The van der Waals surface area contributed by atoms with Gasteiger partial charge in [0, 0.05) is 18.3 Å². The Morgan fingerprint density at radius 2 is 1.97 bits per heavy atom. The molecule has 1 unspecified atom stereocenters. The number of amides is 2. The molecular formula is C26H23FN4O4. The molecule has 0 fully saturated rings. The van der Waals surface area contributed by atoms with E-state index in [0.29, 0.717) is 17.2 Å². The van der Waals surface area contributed by atoms with E-state index in [0.717, 1.165) is 5.56 Å². The van der Waals surface area contributed by atoms with Crippen molar-refractivity contribution in [2.75, 3.05) is 12.0 Å². The van der Waals surface area contributed by atoms with Crippen LogP contribution in [0.4, 0.5) is 10.1 Å². The van der Waals surface area contributed by atoms with E-state index in [1.807, 2.05) is 12.1 Å². The van der Waals surface area contributed by atoms with Crippen molar-refractivity contribution in [1.29, 1.82) is 0 Å². The van der Waals surface area contributed by atoms with E-state index in [2.05, 4.69) is 10.4 Å². The Balaban J connectivity index is 1.50. The van der Waals surface area contributed by atoms with E-state index in [4.69, 9.17) is 9.15 Å². The highest BCUT2D eigenvalue weighted by Gasteiger charge is 2.49. The van der Waals surface area contributed by atoms with Crippen molar-refractivity contribution < 1.29 is 23.1 Å². The SMILES string of the molecule is COc1ccc(CNC(=O)C2(C)Cn3nc(-c4ccco4)cc3C(=O)N2c2cccc(F)c2)cc1. The zero-order valence-electron chi connectivity index (χ0n) is 19.2. The first-order chi connectivity index (χ1) is 16.9. The van der Waals surface area contributed by atoms with Gasteiger partial charge < -0.3 is 14.5 Å². The summed E-state index contributed by atoms with van der Waals surface area (Å²) in [5.41, 5.74) is 0.518. The Labute approximate surface area is 200 Å². The molecule has 1 aliphatic rings. The van der Waals surface area contributed by atoms with Crippen LogP contribution in [0.25, 0.3) is 11.5 Å². The number of anilines is 1. The van der Waals surface area contributed by atoms with E-state index >= 15 is 0 Å². The zero-order valence-corrected chi connectivity index (χ0v) is 19.2. The molecule has 1 atom stereocenters. The summed E-state index contributed by atoms with van der Waals surface area (Å²) in [5, 5.41) is 7.43. The number of carbonyl (C=O) groups excluding carboxylic acids is 2. The van der Waals surface area contributed by atoms with Gasteiger partial charge in [-0.3, -0.25) is 19.2 Å². The number of benzene rings is 2. The van der Waals surface area contributed by atoms with Crippen LogP contribution < -0.4 is 15.0 Å². The van der Waals surface area contributed by atoms with Crippen LogP contribution in [-0.2, 0) is 17.9 Å². The third kappa shape index (κ3) is 4.05. The number of carbonyl (C=O) groups is 2. The van der Waals surface area contributed by atoms with Gasteiger partial charge in [0.05, 0.1) is 19.9 Å². The highest BCUT2D eigenvalue weighted by Crippen LogP contribution is 2.34. The predicted molar refractivity (Wildman–Crippen MR) is 126 cm³/mol. The number of nitrogens with zero attached hydrogens (tertiary/aromatic N) is 3. The topological polar surface area (TPSA) is 89.6 Å². The van der Waals surface area contributed by atoms with E-state index in [1.54, 1.807) is 50.4 Å². The van der Waals surface area contributed by atoms with Crippen LogP contribution >= 0.6 is 0 Å². The van der Waals surface area contributed by atoms with Crippen LogP contribution in [0.2, 0.25) is 0 Å². The van der Waals surface area contributed by atoms with Crippen molar-refractivity contribution in [3.63, 3.8) is 0 Å². The molecule has 2 aromatic carbocycles. The minimum absolute atomic E-state index is 0.0692. The molecule has 1 N–H and O–H groups in total. The van der Waals surface area contributed by atoms with Gasteiger partial charge in [-0.25, -0.2) is 4.39 Å². The average molecular weight is 474 g/mol. The van der Waals surface area contributed by atoms with Crippen LogP contribution in [-0.4, -0.2) is 34.2 Å². The number of hydrogen-bond acceptors (Lipinski definition) is 5. The summed E-state index contributed by atoms with van der Waals surface area (Å²) in [6.45, 7) is 1.96. The largest absolute Gasteiger partial charge is 0.497 e. The minimum Gasteiger partial charge on any atom is -0.497 e. The number of ether oxygens (including phenoxy) is 1. The Morgan fingerprint density at radius 1 is 1.17 bits per heavy atom. The lowest BCUT2D eigenvalue weighted by Crippen LogP contribution is -2.64. The Bertz CT molecular complexity index is 1380. The van der Waals surface area contributed by atoms with Crippen LogP contribution in [0, 0.1) is 5.82 Å². The summed E-state index contributed by atoms with van der Waals surface area (Å²) >= 11 is 0. The summed E-state index contributed by atoms with van der Waals surface area (Å²) in [4.78, 5) is 28.6. The number of aromatic nitrogens is 2. The molecule has 178 valence electrons. The molecule has 0 spiro atoms. The van der Waals surface area contributed by atoms with Gasteiger partial charge in [0.25, 0.3) is 5.91 Å². The van der Waals surface area contributed by atoms with Crippen LogP contribution in [0.15, 0.2) is 77.4 Å². The first-order valence-electron chi connectivity index (χ1n) is 11.0. The van der Waals surface area contributed by atoms with Crippen molar-refractivity contribution in [2.45, 2.75) is 25.6 Å². The second-order valence-electron chi connectivity index (χ2n) is 8.47. The molecule has 5 rings (SSSR count). The molecule has 35 heavy (non-hydrogen) atoms. The average Bonchev–Trinajstić information content (AvgIpc) is 3.53. The molecule has 2 amide bonds. The van der Waals surface area contributed by atoms with Crippen molar-refractivity contribution in [2.24, 2.45) is 0 Å². The van der Waals surface area contributed by atoms with Crippen molar-refractivity contribution in [3.8, 4) is 17.2 Å². The van der Waals surface area contributed by atoms with Gasteiger partial charge >= 0.3 is 0 Å². The number of furan rings is 1. The van der Waals surface area contributed by atoms with Gasteiger partial charge in [0.2, 0.25) is 5.91 Å². The molecule has 0 saturated carbocycles. The maximum absolute atomic E-state index is 14.1. The molecule has 9 heteroatoms. The lowest BCUT2D eigenvalue weighted by atomic mass is 9.93. The summed E-state index contributed by atoms with van der Waals surface area (Å²) < 4.78 is 26.2. The number of hydrogen-bond donors (Lipinski definition) is 1. The maximum Gasteiger partial charge on any atom is 0.277 e. The van der Waals surface area contributed by atoms with Gasteiger partial charge in [0.1, 0.15) is 28.5 Å². The van der Waals surface area contributed by atoms with Gasteiger partial charge in [-0.05, 0) is 55.0 Å². The molecule has 0 saturated heterocycles. The third-order valence-corrected chi connectivity index (χ3v) is 6.09. The molecule has 2 aromatic heterocycles. The minimum atomic E-state index is -1.38. The van der Waals surface area contributed by atoms with Gasteiger partial charge in [-0.1, -0.05) is 18.2 Å². The Morgan fingerprint density at radius 3 is 2.66 bits per heavy atom. The molecule has 3 heterocycles. The fraction of sp³-hybridized carbons (Fsp3) is 0.192. The fourth-order valence-electron chi connectivity index (χ4n) is 4.26. The highest BCUT2D eigenvalue weighted by atomic mass is 19.1.